The van der Waals surface area contributed by atoms with Gasteiger partial charge in [0.15, 0.2) is 0 Å². The van der Waals surface area contributed by atoms with E-state index in [1.54, 1.807) is 0 Å². The summed E-state index contributed by atoms with van der Waals surface area (Å²) in [4.78, 5) is 0. The highest BCUT2D eigenvalue weighted by Gasteiger charge is 2.34. The molecule has 1 nitrogen and oxygen atoms in total. The molecule has 19 heavy (non-hydrogen) atoms. The Bertz CT molecular complexity index is 242. The molecule has 2 saturated carbocycles. The summed E-state index contributed by atoms with van der Waals surface area (Å²) in [6, 6.07) is 0. The van der Waals surface area contributed by atoms with Gasteiger partial charge in [-0.05, 0) is 62.7 Å². The van der Waals surface area contributed by atoms with Gasteiger partial charge in [0.2, 0.25) is 0 Å². The fourth-order valence-electron chi connectivity index (χ4n) is 4.66. The molecule has 0 bridgehead atoms. The Morgan fingerprint density at radius 3 is 2.16 bits per heavy atom. The molecule has 2 aliphatic rings. The monoisotopic (exact) mass is 266 g/mol. The van der Waals surface area contributed by atoms with Crippen LogP contribution in [0.15, 0.2) is 0 Å². The molecule has 1 heteroatoms. The Morgan fingerprint density at radius 2 is 1.58 bits per heavy atom. The van der Waals surface area contributed by atoms with Crippen molar-refractivity contribution in [3.63, 3.8) is 0 Å². The summed E-state index contributed by atoms with van der Waals surface area (Å²) in [5, 5.41) is 0. The van der Waals surface area contributed by atoms with Crippen LogP contribution >= 0.6 is 0 Å². The van der Waals surface area contributed by atoms with Gasteiger partial charge in [-0.15, -0.1) is 0 Å². The van der Waals surface area contributed by atoms with Crippen LogP contribution in [0.1, 0.15) is 78.6 Å². The first-order valence-corrected chi connectivity index (χ1v) is 8.86. The van der Waals surface area contributed by atoms with Crippen LogP contribution in [0.2, 0.25) is 0 Å². The third-order valence-electron chi connectivity index (χ3n) is 5.77. The number of ether oxygens (including phenoxy) is 1. The van der Waals surface area contributed by atoms with Gasteiger partial charge in [0.25, 0.3) is 0 Å². The molecule has 2 fully saturated rings. The van der Waals surface area contributed by atoms with Crippen molar-refractivity contribution in [1.82, 2.24) is 0 Å². The Kier molecular flexibility index (Phi) is 6.19. The molecule has 0 heterocycles. The lowest BCUT2D eigenvalue weighted by atomic mass is 9.68. The minimum Gasteiger partial charge on any atom is -0.378 e. The molecular formula is C18H34O. The third-order valence-corrected chi connectivity index (χ3v) is 5.77. The van der Waals surface area contributed by atoms with Gasteiger partial charge in [0.05, 0.1) is 6.10 Å². The Balaban J connectivity index is 1.75. The lowest BCUT2D eigenvalue weighted by Crippen LogP contribution is -2.34. The lowest BCUT2D eigenvalue weighted by Gasteiger charge is -2.40. The van der Waals surface area contributed by atoms with Gasteiger partial charge in [-0.1, -0.05) is 39.5 Å². The maximum atomic E-state index is 5.88. The van der Waals surface area contributed by atoms with Crippen LogP contribution in [-0.4, -0.2) is 12.7 Å². The van der Waals surface area contributed by atoms with E-state index in [1.165, 1.54) is 57.8 Å². The molecular weight excluding hydrogens is 232 g/mol. The van der Waals surface area contributed by atoms with E-state index < -0.39 is 0 Å². The van der Waals surface area contributed by atoms with Crippen LogP contribution in [-0.2, 0) is 4.74 Å². The zero-order valence-corrected chi connectivity index (χ0v) is 13.4. The second-order valence-corrected chi connectivity index (χ2v) is 7.11. The maximum Gasteiger partial charge on any atom is 0.0600 e. The molecule has 0 aromatic rings. The summed E-state index contributed by atoms with van der Waals surface area (Å²) < 4.78 is 5.88. The van der Waals surface area contributed by atoms with Crippen molar-refractivity contribution in [3.8, 4) is 0 Å². The zero-order valence-electron chi connectivity index (χ0n) is 13.4. The van der Waals surface area contributed by atoms with Crippen LogP contribution in [0.25, 0.3) is 0 Å². The van der Waals surface area contributed by atoms with E-state index in [0.717, 1.165) is 30.3 Å². The lowest BCUT2D eigenvalue weighted by molar-refractivity contribution is -0.0223. The quantitative estimate of drug-likeness (QED) is 0.644. The molecule has 0 radical (unpaired) electrons. The molecule has 2 aliphatic carbocycles. The molecule has 1 unspecified atom stereocenters. The van der Waals surface area contributed by atoms with E-state index in [9.17, 15) is 0 Å². The summed E-state index contributed by atoms with van der Waals surface area (Å²) >= 11 is 0. The Labute approximate surface area is 120 Å². The van der Waals surface area contributed by atoms with Crippen molar-refractivity contribution in [2.45, 2.75) is 84.7 Å². The summed E-state index contributed by atoms with van der Waals surface area (Å²) in [6.45, 7) is 7.77. The van der Waals surface area contributed by atoms with E-state index >= 15 is 0 Å². The highest BCUT2D eigenvalue weighted by atomic mass is 16.5. The molecule has 112 valence electrons. The topological polar surface area (TPSA) is 9.23 Å². The highest BCUT2D eigenvalue weighted by molar-refractivity contribution is 4.85. The first-order chi connectivity index (χ1) is 9.24. The normalized spacial score (nSPS) is 40.3. The standard InChI is InChI=1S/C18H34O/c1-4-6-15-7-9-16(10-8-15)17-11-12-18(19-5-2)14(3)13-17/h14-18H,4-13H2,1-3H3/t14-,15-,16-,17?,18-/m1/s1. The van der Waals surface area contributed by atoms with Crippen molar-refractivity contribution in [2.75, 3.05) is 6.61 Å². The van der Waals surface area contributed by atoms with E-state index in [-0.39, 0.29) is 0 Å². The van der Waals surface area contributed by atoms with Crippen molar-refractivity contribution in [2.24, 2.45) is 23.7 Å². The first kappa shape index (κ1) is 15.4. The number of hydrogen-bond donors (Lipinski definition) is 0. The van der Waals surface area contributed by atoms with E-state index in [4.69, 9.17) is 4.74 Å². The number of rotatable bonds is 5. The molecule has 0 saturated heterocycles. The minimum atomic E-state index is 0.553. The van der Waals surface area contributed by atoms with Gasteiger partial charge < -0.3 is 4.74 Å². The maximum absolute atomic E-state index is 5.88. The van der Waals surface area contributed by atoms with Crippen molar-refractivity contribution >= 4 is 0 Å². The molecule has 0 aromatic carbocycles. The van der Waals surface area contributed by atoms with Gasteiger partial charge in [0.1, 0.15) is 0 Å². The molecule has 0 aromatic heterocycles. The smallest absolute Gasteiger partial charge is 0.0600 e. The molecule has 3 atom stereocenters. The Morgan fingerprint density at radius 1 is 0.895 bits per heavy atom. The van der Waals surface area contributed by atoms with Crippen LogP contribution in [0.5, 0.6) is 0 Å². The fraction of sp³-hybridized carbons (Fsp3) is 1.00. The van der Waals surface area contributed by atoms with Gasteiger partial charge in [-0.3, -0.25) is 0 Å². The van der Waals surface area contributed by atoms with Gasteiger partial charge >= 0.3 is 0 Å². The van der Waals surface area contributed by atoms with Gasteiger partial charge in [0, 0.05) is 6.61 Å². The molecule has 0 amide bonds. The zero-order chi connectivity index (χ0) is 13.7. The Hall–Kier alpha value is -0.0400. The minimum absolute atomic E-state index is 0.553. The SMILES string of the molecule is CCC[C@H]1CC[C@H](C2CC[C@@H](OCC)[C@H](C)C2)CC1. The van der Waals surface area contributed by atoms with Crippen LogP contribution < -0.4 is 0 Å². The second-order valence-electron chi connectivity index (χ2n) is 7.11. The number of hydrogen-bond acceptors (Lipinski definition) is 1. The first-order valence-electron chi connectivity index (χ1n) is 8.86. The molecule has 0 spiro atoms. The fourth-order valence-corrected chi connectivity index (χ4v) is 4.66. The molecule has 2 rings (SSSR count). The third kappa shape index (κ3) is 4.21. The van der Waals surface area contributed by atoms with Gasteiger partial charge in [-0.25, -0.2) is 0 Å². The summed E-state index contributed by atoms with van der Waals surface area (Å²) in [5.41, 5.74) is 0. The van der Waals surface area contributed by atoms with Crippen molar-refractivity contribution in [1.29, 1.82) is 0 Å². The van der Waals surface area contributed by atoms with Crippen LogP contribution in [0.3, 0.4) is 0 Å². The van der Waals surface area contributed by atoms with E-state index in [2.05, 4.69) is 20.8 Å². The average molecular weight is 266 g/mol. The van der Waals surface area contributed by atoms with Gasteiger partial charge in [-0.2, -0.15) is 0 Å². The summed E-state index contributed by atoms with van der Waals surface area (Å²) in [6.07, 6.45) is 13.6. The van der Waals surface area contributed by atoms with Crippen molar-refractivity contribution in [3.05, 3.63) is 0 Å². The highest BCUT2D eigenvalue weighted by Crippen LogP contribution is 2.42. The predicted molar refractivity (Wildman–Crippen MR) is 82.3 cm³/mol. The van der Waals surface area contributed by atoms with Crippen LogP contribution in [0, 0.1) is 23.7 Å². The predicted octanol–water partition coefficient (Wildman–Crippen LogP) is 5.43. The molecule has 0 aliphatic heterocycles. The summed E-state index contributed by atoms with van der Waals surface area (Å²) in [7, 11) is 0. The summed E-state index contributed by atoms with van der Waals surface area (Å²) in [5.74, 6) is 3.89. The second kappa shape index (κ2) is 7.67. The van der Waals surface area contributed by atoms with Crippen LogP contribution in [0.4, 0.5) is 0 Å². The van der Waals surface area contributed by atoms with E-state index in [1.807, 2.05) is 0 Å². The van der Waals surface area contributed by atoms with E-state index in [0.29, 0.717) is 6.10 Å². The van der Waals surface area contributed by atoms with Crippen molar-refractivity contribution < 1.29 is 4.74 Å². The largest absolute Gasteiger partial charge is 0.378 e. The average Bonchev–Trinajstić information content (AvgIpc) is 2.43. The molecule has 0 N–H and O–H groups in total.